The van der Waals surface area contributed by atoms with Crippen LogP contribution in [0.5, 0.6) is 0 Å². The van der Waals surface area contributed by atoms with E-state index in [1.54, 1.807) is 12.7 Å². The number of benzene rings is 2. The zero-order valence-corrected chi connectivity index (χ0v) is 19.4. The Hall–Kier alpha value is -3.00. The molecule has 1 aliphatic heterocycles. The number of aliphatic hydroxyl groups is 1. The highest BCUT2D eigenvalue weighted by Crippen LogP contribution is 2.32. The van der Waals surface area contributed by atoms with Gasteiger partial charge in [0.2, 0.25) is 0 Å². The van der Waals surface area contributed by atoms with Gasteiger partial charge in [-0.1, -0.05) is 24.3 Å². The number of hydrogen-bond acceptors (Lipinski definition) is 5. The minimum Gasteiger partial charge on any atom is -0.391 e. The maximum Gasteiger partial charge on any atom is 0.123 e. The number of H-pyrrole nitrogens is 1. The number of nitrogens with one attached hydrogen (secondary N) is 2. The normalized spacial score (nSPS) is 21.3. The van der Waals surface area contributed by atoms with E-state index in [1.165, 1.54) is 27.6 Å². The van der Waals surface area contributed by atoms with Gasteiger partial charge in [-0.15, -0.1) is 10.2 Å². The van der Waals surface area contributed by atoms with E-state index in [0.717, 1.165) is 57.4 Å². The molecule has 176 valence electrons. The number of fused-ring (bicyclic) bond motifs is 2. The molecule has 0 radical (unpaired) electrons. The van der Waals surface area contributed by atoms with Crippen molar-refractivity contribution >= 4 is 10.9 Å². The number of aryl methyl sites for hydroxylation is 1. The summed E-state index contributed by atoms with van der Waals surface area (Å²) < 4.78 is 1.94. The fourth-order valence-corrected chi connectivity index (χ4v) is 5.71. The molecule has 7 nitrogen and oxygen atoms in total. The Morgan fingerprint density at radius 1 is 1.06 bits per heavy atom. The molecule has 0 spiro atoms. The van der Waals surface area contributed by atoms with Gasteiger partial charge in [-0.3, -0.25) is 4.57 Å². The molecule has 1 saturated heterocycles. The average molecular weight is 457 g/mol. The first-order chi connectivity index (χ1) is 16.7. The van der Waals surface area contributed by atoms with E-state index in [0.29, 0.717) is 6.04 Å². The largest absolute Gasteiger partial charge is 0.391 e. The summed E-state index contributed by atoms with van der Waals surface area (Å²) in [7, 11) is 0. The molecule has 7 heteroatoms. The van der Waals surface area contributed by atoms with E-state index in [9.17, 15) is 5.11 Å². The number of likely N-dealkylation sites (tertiary alicyclic amines) is 1. The number of aromatic nitrogens is 4. The van der Waals surface area contributed by atoms with Crippen LogP contribution in [0.1, 0.15) is 42.0 Å². The molecular weight excluding hydrogens is 424 g/mol. The van der Waals surface area contributed by atoms with Crippen LogP contribution in [0.3, 0.4) is 0 Å². The lowest BCUT2D eigenvalue weighted by Crippen LogP contribution is -2.45. The zero-order valence-electron chi connectivity index (χ0n) is 19.4. The van der Waals surface area contributed by atoms with Gasteiger partial charge < -0.3 is 20.3 Å². The van der Waals surface area contributed by atoms with Gasteiger partial charge in [0.25, 0.3) is 0 Å². The van der Waals surface area contributed by atoms with Crippen LogP contribution in [0, 0.1) is 0 Å². The maximum absolute atomic E-state index is 10.6. The Bertz CT molecular complexity index is 1240. The molecule has 0 bridgehead atoms. The van der Waals surface area contributed by atoms with Crippen LogP contribution in [0.15, 0.2) is 61.3 Å². The monoisotopic (exact) mass is 456 g/mol. The van der Waals surface area contributed by atoms with Crippen LogP contribution < -0.4 is 5.32 Å². The molecule has 1 aliphatic carbocycles. The van der Waals surface area contributed by atoms with Crippen LogP contribution >= 0.6 is 0 Å². The average Bonchev–Trinajstić information content (AvgIpc) is 3.60. The molecule has 0 saturated carbocycles. The lowest BCUT2D eigenvalue weighted by molar-refractivity contribution is 0.119. The number of hydrogen-bond donors (Lipinski definition) is 3. The van der Waals surface area contributed by atoms with E-state index < -0.39 is 0 Å². The summed E-state index contributed by atoms with van der Waals surface area (Å²) in [5.41, 5.74) is 6.20. The summed E-state index contributed by atoms with van der Waals surface area (Å²) >= 11 is 0. The second-order valence-corrected chi connectivity index (χ2v) is 9.75. The Kier molecular flexibility index (Phi) is 5.91. The predicted octanol–water partition coefficient (Wildman–Crippen LogP) is 3.39. The molecule has 1 fully saturated rings. The van der Waals surface area contributed by atoms with Crippen molar-refractivity contribution in [2.45, 2.75) is 50.3 Å². The van der Waals surface area contributed by atoms with Gasteiger partial charge in [0, 0.05) is 35.2 Å². The van der Waals surface area contributed by atoms with Gasteiger partial charge in [0.05, 0.1) is 12.1 Å². The number of rotatable bonds is 7. The SMILES string of the molecule is O[C@H]1Cc2ccccc2[C@@H]1NC1CCN(CCCc2c[nH]c3ccc(-n4cnnc4)cc23)CC1. The van der Waals surface area contributed by atoms with Crippen molar-refractivity contribution in [1.82, 2.24) is 30.0 Å². The summed E-state index contributed by atoms with van der Waals surface area (Å²) in [4.78, 5) is 6.01. The van der Waals surface area contributed by atoms with Crippen LogP contribution in [0.4, 0.5) is 0 Å². The molecule has 34 heavy (non-hydrogen) atoms. The second kappa shape index (κ2) is 9.33. The van der Waals surface area contributed by atoms with Crippen molar-refractivity contribution in [3.8, 4) is 5.69 Å². The number of piperidine rings is 1. The van der Waals surface area contributed by atoms with Crippen molar-refractivity contribution in [3.05, 3.63) is 78.0 Å². The first kappa shape index (κ1) is 21.5. The highest BCUT2D eigenvalue weighted by atomic mass is 16.3. The number of aromatic amines is 1. The molecule has 0 unspecified atom stereocenters. The molecule has 3 N–H and O–H groups in total. The minimum atomic E-state index is -0.308. The van der Waals surface area contributed by atoms with Gasteiger partial charge in [0.15, 0.2) is 0 Å². The third kappa shape index (κ3) is 4.27. The second-order valence-electron chi connectivity index (χ2n) is 9.75. The standard InChI is InChI=1S/C27H32N6O/c34-26-14-19-4-1-2-6-23(19)27(26)31-21-9-12-32(13-10-21)11-3-5-20-16-28-25-8-7-22(15-24(20)25)33-17-29-30-18-33/h1-2,4,6-8,15-18,21,26-28,31,34H,3,5,9-14H2/t26-,27-/m0/s1. The molecule has 6 rings (SSSR count). The Morgan fingerprint density at radius 2 is 1.88 bits per heavy atom. The van der Waals surface area contributed by atoms with Gasteiger partial charge in [-0.05, 0) is 80.2 Å². The van der Waals surface area contributed by atoms with Crippen molar-refractivity contribution < 1.29 is 5.11 Å². The van der Waals surface area contributed by atoms with Crippen LogP contribution in [0.2, 0.25) is 0 Å². The molecule has 2 aromatic carbocycles. The van der Waals surface area contributed by atoms with Gasteiger partial charge in [0.1, 0.15) is 12.7 Å². The van der Waals surface area contributed by atoms with Crippen LogP contribution in [-0.2, 0) is 12.8 Å². The van der Waals surface area contributed by atoms with E-state index in [2.05, 4.69) is 74.1 Å². The highest BCUT2D eigenvalue weighted by Gasteiger charge is 2.33. The third-order valence-corrected chi connectivity index (χ3v) is 7.60. The predicted molar refractivity (Wildman–Crippen MR) is 133 cm³/mol. The fraction of sp³-hybridized carbons (Fsp3) is 0.407. The van der Waals surface area contributed by atoms with Crippen molar-refractivity contribution in [2.75, 3.05) is 19.6 Å². The third-order valence-electron chi connectivity index (χ3n) is 7.60. The molecule has 2 atom stereocenters. The summed E-state index contributed by atoms with van der Waals surface area (Å²) in [5.74, 6) is 0. The summed E-state index contributed by atoms with van der Waals surface area (Å²) in [6, 6.07) is 15.5. The number of aliphatic hydroxyl groups excluding tert-OH is 1. The van der Waals surface area contributed by atoms with Crippen molar-refractivity contribution in [1.29, 1.82) is 0 Å². The quantitative estimate of drug-likeness (QED) is 0.397. The van der Waals surface area contributed by atoms with E-state index >= 15 is 0 Å². The maximum atomic E-state index is 10.6. The molecule has 0 amide bonds. The van der Waals surface area contributed by atoms with Crippen LogP contribution in [0.25, 0.3) is 16.6 Å². The van der Waals surface area contributed by atoms with E-state index in [-0.39, 0.29) is 12.1 Å². The smallest absolute Gasteiger partial charge is 0.123 e. The van der Waals surface area contributed by atoms with Crippen molar-refractivity contribution in [2.24, 2.45) is 0 Å². The minimum absolute atomic E-state index is 0.0811. The summed E-state index contributed by atoms with van der Waals surface area (Å²) in [5, 5.41) is 23.5. The van der Waals surface area contributed by atoms with E-state index in [1.807, 2.05) is 4.57 Å². The first-order valence-electron chi connectivity index (χ1n) is 12.4. The van der Waals surface area contributed by atoms with Gasteiger partial charge in [-0.25, -0.2) is 0 Å². The fourth-order valence-electron chi connectivity index (χ4n) is 5.71. The molecule has 2 aliphatic rings. The lowest BCUT2D eigenvalue weighted by Gasteiger charge is -2.34. The van der Waals surface area contributed by atoms with Gasteiger partial charge in [-0.2, -0.15) is 0 Å². The van der Waals surface area contributed by atoms with E-state index in [4.69, 9.17) is 0 Å². The highest BCUT2D eigenvalue weighted by molar-refractivity contribution is 5.85. The summed E-state index contributed by atoms with van der Waals surface area (Å²) in [6.07, 6.45) is 10.6. The summed E-state index contributed by atoms with van der Waals surface area (Å²) in [6.45, 7) is 3.36. The van der Waals surface area contributed by atoms with Crippen LogP contribution in [-0.4, -0.2) is 61.5 Å². The molecular formula is C27H32N6O. The lowest BCUT2D eigenvalue weighted by atomic mass is 10.0. The number of nitrogens with zero attached hydrogens (tertiary/aromatic N) is 4. The topological polar surface area (TPSA) is 82.0 Å². The van der Waals surface area contributed by atoms with Gasteiger partial charge >= 0.3 is 0 Å². The Labute approximate surface area is 199 Å². The molecule has 4 aromatic rings. The van der Waals surface area contributed by atoms with Crippen molar-refractivity contribution in [3.63, 3.8) is 0 Å². The molecule has 2 aromatic heterocycles. The first-order valence-corrected chi connectivity index (χ1v) is 12.4. The molecule has 3 heterocycles. The zero-order chi connectivity index (χ0) is 22.9. The Balaban J connectivity index is 1.01. The Morgan fingerprint density at radius 3 is 2.74 bits per heavy atom.